The first-order valence-corrected chi connectivity index (χ1v) is 11.4. The monoisotopic (exact) mass is 423 g/mol. The molecular weight excluding hydrogens is 402 g/mol. The Morgan fingerprint density at radius 3 is 2.03 bits per heavy atom. The van der Waals surface area contributed by atoms with Crippen molar-refractivity contribution in [3.63, 3.8) is 0 Å². The number of benzene rings is 3. The third-order valence-corrected chi connectivity index (χ3v) is 8.12. The molecule has 0 fully saturated rings. The Bertz CT molecular complexity index is 1130. The summed E-state index contributed by atoms with van der Waals surface area (Å²) in [5.41, 5.74) is 2.70. The second kappa shape index (κ2) is 7.71. The molecule has 4 rings (SSSR count). The van der Waals surface area contributed by atoms with Gasteiger partial charge in [-0.3, -0.25) is 0 Å². The first-order valence-electron chi connectivity index (χ1n) is 9.15. The van der Waals surface area contributed by atoms with Crippen molar-refractivity contribution >= 4 is 26.7 Å². The van der Waals surface area contributed by atoms with Crippen molar-refractivity contribution in [2.45, 2.75) is 16.9 Å². The van der Waals surface area contributed by atoms with Crippen LogP contribution in [0.15, 0.2) is 96.0 Å². The Morgan fingerprint density at radius 1 is 0.862 bits per heavy atom. The van der Waals surface area contributed by atoms with Crippen LogP contribution in [0.3, 0.4) is 0 Å². The van der Waals surface area contributed by atoms with E-state index in [9.17, 15) is 8.42 Å². The normalized spacial score (nSPS) is 19.2. The molecule has 1 atom stereocenters. The summed E-state index contributed by atoms with van der Waals surface area (Å²) in [6, 6.07) is 26.0. The minimum atomic E-state index is -3.85. The first kappa shape index (κ1) is 19.8. The molecule has 0 amide bonds. The topological polar surface area (TPSA) is 46.6 Å². The molecule has 148 valence electrons. The fraction of sp³-hybridized carbons (Fsp3) is 0.130. The molecule has 0 saturated heterocycles. The molecule has 0 saturated carbocycles. The van der Waals surface area contributed by atoms with Crippen molar-refractivity contribution in [1.82, 2.24) is 4.31 Å². The summed E-state index contributed by atoms with van der Waals surface area (Å²) in [5, 5.41) is -1.23. The van der Waals surface area contributed by atoms with Crippen LogP contribution >= 0.6 is 11.8 Å². The molecule has 1 unspecified atom stereocenters. The van der Waals surface area contributed by atoms with Gasteiger partial charge in [0.2, 0.25) is 5.06 Å². The molecule has 0 aliphatic carbocycles. The predicted molar refractivity (Wildman–Crippen MR) is 117 cm³/mol. The summed E-state index contributed by atoms with van der Waals surface area (Å²) in [6.45, 7) is 1.93. The summed E-state index contributed by atoms with van der Waals surface area (Å²) in [5.74, 6) is 0. The van der Waals surface area contributed by atoms with Crippen molar-refractivity contribution in [3.05, 3.63) is 108 Å². The zero-order valence-corrected chi connectivity index (χ0v) is 17.8. The van der Waals surface area contributed by atoms with Crippen molar-refractivity contribution in [2.24, 2.45) is 0 Å². The van der Waals surface area contributed by atoms with Crippen LogP contribution in [0.4, 0.5) is 0 Å². The molecule has 1 aliphatic rings. The Balaban J connectivity index is 1.90. The molecule has 6 heteroatoms. The van der Waals surface area contributed by atoms with Crippen molar-refractivity contribution in [3.8, 4) is 0 Å². The fourth-order valence-corrected chi connectivity index (χ4v) is 6.39. The van der Waals surface area contributed by atoms with Crippen LogP contribution in [0.2, 0.25) is 0 Å². The lowest BCUT2D eigenvalue weighted by Gasteiger charge is -2.36. The first-order chi connectivity index (χ1) is 14.0. The third-order valence-electron chi connectivity index (χ3n) is 4.82. The smallest absolute Gasteiger partial charge is 0.267 e. The molecule has 1 aliphatic heterocycles. The average molecular weight is 424 g/mol. The van der Waals surface area contributed by atoms with Gasteiger partial charge in [0.25, 0.3) is 10.0 Å². The van der Waals surface area contributed by atoms with Gasteiger partial charge < -0.3 is 4.74 Å². The molecule has 3 aromatic rings. The lowest BCUT2D eigenvalue weighted by Crippen LogP contribution is -2.42. The number of sulfonamides is 1. The van der Waals surface area contributed by atoms with E-state index in [1.165, 1.54) is 16.1 Å². The largest absolute Gasteiger partial charge is 0.345 e. The molecule has 1 heterocycles. The van der Waals surface area contributed by atoms with Crippen LogP contribution in [0.25, 0.3) is 4.91 Å². The highest BCUT2D eigenvalue weighted by atomic mass is 32.2. The molecule has 4 nitrogen and oxygen atoms in total. The van der Waals surface area contributed by atoms with Crippen LogP contribution in [0.1, 0.15) is 16.7 Å². The van der Waals surface area contributed by atoms with Gasteiger partial charge in [-0.05, 0) is 24.6 Å². The van der Waals surface area contributed by atoms with Gasteiger partial charge >= 0.3 is 0 Å². The SMILES string of the molecule is COC1(c2ccccc2)SC(c2ccccc2)=CN1S(=O)(=O)c1ccc(C)cc1. The number of hydrogen-bond donors (Lipinski definition) is 0. The predicted octanol–water partition coefficient (Wildman–Crippen LogP) is 5.19. The summed E-state index contributed by atoms with van der Waals surface area (Å²) >= 11 is 1.38. The Hall–Kier alpha value is -2.54. The Kier molecular flexibility index (Phi) is 5.25. The van der Waals surface area contributed by atoms with Crippen LogP contribution in [0.5, 0.6) is 0 Å². The molecule has 29 heavy (non-hydrogen) atoms. The van der Waals surface area contributed by atoms with Gasteiger partial charge in [0.05, 0.1) is 4.90 Å². The fourth-order valence-electron chi connectivity index (χ4n) is 3.28. The molecule has 3 aromatic carbocycles. The van der Waals surface area contributed by atoms with E-state index in [0.29, 0.717) is 0 Å². The quantitative estimate of drug-likeness (QED) is 0.567. The lowest BCUT2D eigenvalue weighted by molar-refractivity contribution is 0.00305. The third kappa shape index (κ3) is 3.48. The summed E-state index contributed by atoms with van der Waals surface area (Å²) in [6.07, 6.45) is 1.67. The number of nitrogens with zero attached hydrogens (tertiary/aromatic N) is 1. The second-order valence-electron chi connectivity index (χ2n) is 6.73. The van der Waals surface area contributed by atoms with Crippen LogP contribution in [-0.2, 0) is 19.8 Å². The highest BCUT2D eigenvalue weighted by Crippen LogP contribution is 2.55. The Labute approximate surface area is 175 Å². The van der Waals surface area contributed by atoms with Crippen molar-refractivity contribution in [2.75, 3.05) is 7.11 Å². The maximum atomic E-state index is 13.7. The van der Waals surface area contributed by atoms with Crippen LogP contribution in [-0.4, -0.2) is 19.8 Å². The highest BCUT2D eigenvalue weighted by molar-refractivity contribution is 8.09. The van der Waals surface area contributed by atoms with Gasteiger partial charge in [-0.25, -0.2) is 12.7 Å². The zero-order chi connectivity index (χ0) is 20.5. The number of aryl methyl sites for hydroxylation is 1. The molecule has 0 N–H and O–H groups in total. The van der Waals surface area contributed by atoms with E-state index in [2.05, 4.69) is 0 Å². The molecule has 0 spiro atoms. The zero-order valence-electron chi connectivity index (χ0n) is 16.1. The molecule has 0 bridgehead atoms. The summed E-state index contributed by atoms with van der Waals surface area (Å²) in [4.78, 5) is 1.05. The van der Waals surface area contributed by atoms with Gasteiger partial charge in [-0.2, -0.15) is 0 Å². The van der Waals surface area contributed by atoms with E-state index in [1.54, 1.807) is 37.6 Å². The van der Waals surface area contributed by atoms with E-state index in [-0.39, 0.29) is 4.90 Å². The minimum absolute atomic E-state index is 0.228. The van der Waals surface area contributed by atoms with E-state index < -0.39 is 15.1 Å². The van der Waals surface area contributed by atoms with Gasteiger partial charge in [0.1, 0.15) is 0 Å². The van der Waals surface area contributed by atoms with E-state index in [4.69, 9.17) is 4.74 Å². The maximum Gasteiger partial charge on any atom is 0.267 e. The number of methoxy groups -OCH3 is 1. The van der Waals surface area contributed by atoms with E-state index in [0.717, 1.165) is 21.6 Å². The lowest BCUT2D eigenvalue weighted by atomic mass is 10.2. The second-order valence-corrected chi connectivity index (χ2v) is 9.74. The van der Waals surface area contributed by atoms with Crippen molar-refractivity contribution in [1.29, 1.82) is 0 Å². The van der Waals surface area contributed by atoms with E-state index >= 15 is 0 Å². The van der Waals surface area contributed by atoms with E-state index in [1.807, 2.05) is 67.6 Å². The summed E-state index contributed by atoms with van der Waals surface area (Å²) in [7, 11) is -2.31. The number of hydrogen-bond acceptors (Lipinski definition) is 4. The van der Waals surface area contributed by atoms with Crippen LogP contribution < -0.4 is 0 Å². The van der Waals surface area contributed by atoms with Gasteiger partial charge in [-0.1, -0.05) is 90.1 Å². The molecular formula is C23H21NO3S2. The molecule has 0 radical (unpaired) electrons. The number of rotatable bonds is 5. The maximum absolute atomic E-state index is 13.7. The summed E-state index contributed by atoms with van der Waals surface area (Å²) < 4.78 is 34.6. The average Bonchev–Trinajstić information content (AvgIpc) is 3.17. The molecule has 0 aromatic heterocycles. The number of thioether (sulfide) groups is 1. The minimum Gasteiger partial charge on any atom is -0.345 e. The van der Waals surface area contributed by atoms with Gasteiger partial charge in [-0.15, -0.1) is 0 Å². The van der Waals surface area contributed by atoms with Gasteiger partial charge in [0.15, 0.2) is 0 Å². The van der Waals surface area contributed by atoms with Gasteiger partial charge in [0, 0.05) is 23.8 Å². The highest BCUT2D eigenvalue weighted by Gasteiger charge is 2.50. The number of ether oxygens (including phenoxy) is 1. The van der Waals surface area contributed by atoms with Crippen LogP contribution in [0, 0.1) is 6.92 Å². The Morgan fingerprint density at radius 2 is 1.45 bits per heavy atom. The standard InChI is InChI=1S/C23H21NO3S2/c1-18-13-15-21(16-14-18)29(25,26)24-17-22(19-9-5-3-6-10-19)28-23(24,27-2)20-11-7-4-8-12-20/h3-17H,1-2H3. The van der Waals surface area contributed by atoms with Crippen molar-refractivity contribution < 1.29 is 13.2 Å².